The summed E-state index contributed by atoms with van der Waals surface area (Å²) in [5, 5.41) is 0.370. The number of hydrogen-bond acceptors (Lipinski definition) is 1. The smallest absolute Gasteiger partial charge is 0.138 e. The van der Waals surface area contributed by atoms with Gasteiger partial charge >= 0.3 is 0 Å². The third kappa shape index (κ3) is 1.25. The molecule has 0 aliphatic rings. The lowest BCUT2D eigenvalue weighted by atomic mass is 10.1. The summed E-state index contributed by atoms with van der Waals surface area (Å²) in [6, 6.07) is 4.60. The highest BCUT2D eigenvalue weighted by Crippen LogP contribution is 2.22. The number of fused-ring (bicyclic) bond motifs is 1. The number of aryl methyl sites for hydroxylation is 1. The molecule has 0 saturated heterocycles. The first-order chi connectivity index (χ1) is 6.59. The van der Waals surface area contributed by atoms with Gasteiger partial charge in [0.25, 0.3) is 0 Å². The van der Waals surface area contributed by atoms with Crippen molar-refractivity contribution >= 4 is 10.9 Å². The van der Waals surface area contributed by atoms with Crippen LogP contribution in [0.4, 0.5) is 8.78 Å². The zero-order chi connectivity index (χ0) is 10.3. The average molecular weight is 193 g/mol. The van der Waals surface area contributed by atoms with E-state index < -0.39 is 11.6 Å². The van der Waals surface area contributed by atoms with E-state index in [1.807, 2.05) is 0 Å². The molecule has 0 saturated carbocycles. The molecule has 0 atom stereocenters. The molecule has 1 aromatic carbocycles. The van der Waals surface area contributed by atoms with Gasteiger partial charge in [0, 0.05) is 22.7 Å². The Kier molecular flexibility index (Phi) is 1.95. The lowest BCUT2D eigenvalue weighted by Gasteiger charge is -2.04. The van der Waals surface area contributed by atoms with Gasteiger partial charge in [-0.15, -0.1) is 0 Å². The van der Waals surface area contributed by atoms with E-state index in [0.29, 0.717) is 10.9 Å². The Hall–Kier alpha value is -1.51. The van der Waals surface area contributed by atoms with E-state index in [4.69, 9.17) is 0 Å². The molecule has 14 heavy (non-hydrogen) atoms. The maximum atomic E-state index is 13.5. The van der Waals surface area contributed by atoms with E-state index >= 15 is 0 Å². The van der Waals surface area contributed by atoms with Gasteiger partial charge in [-0.3, -0.25) is 4.98 Å². The number of benzene rings is 1. The van der Waals surface area contributed by atoms with Crippen LogP contribution in [0.2, 0.25) is 0 Å². The second-order valence-electron chi connectivity index (χ2n) is 3.32. The molecule has 0 amide bonds. The monoisotopic (exact) mass is 193 g/mol. The Morgan fingerprint density at radius 3 is 2.57 bits per heavy atom. The van der Waals surface area contributed by atoms with Crippen molar-refractivity contribution in [3.05, 3.63) is 41.1 Å². The van der Waals surface area contributed by atoms with Gasteiger partial charge in [0.05, 0.1) is 5.52 Å². The van der Waals surface area contributed by atoms with Gasteiger partial charge in [-0.05, 0) is 26.0 Å². The van der Waals surface area contributed by atoms with Crippen molar-refractivity contribution in [2.24, 2.45) is 0 Å². The number of nitrogens with zero attached hydrogens (tertiary/aromatic N) is 1. The number of aromatic nitrogens is 1. The van der Waals surface area contributed by atoms with Crippen LogP contribution in [0, 0.1) is 25.5 Å². The van der Waals surface area contributed by atoms with Crippen LogP contribution in [0.15, 0.2) is 18.2 Å². The molecule has 3 heteroatoms. The number of halogens is 2. The maximum absolute atomic E-state index is 13.5. The molecular weight excluding hydrogens is 184 g/mol. The molecule has 2 rings (SSSR count). The van der Waals surface area contributed by atoms with Gasteiger partial charge in [-0.25, -0.2) is 8.78 Å². The van der Waals surface area contributed by atoms with Crippen molar-refractivity contribution in [1.82, 2.24) is 4.98 Å². The highest BCUT2D eigenvalue weighted by molar-refractivity contribution is 5.80. The Morgan fingerprint density at radius 1 is 1.14 bits per heavy atom. The summed E-state index contributed by atoms with van der Waals surface area (Å²) < 4.78 is 26.7. The topological polar surface area (TPSA) is 12.9 Å². The molecule has 0 N–H and O–H groups in total. The summed E-state index contributed by atoms with van der Waals surface area (Å²) in [7, 11) is 0. The average Bonchev–Trinajstić information content (AvgIpc) is 2.14. The molecule has 0 aliphatic carbocycles. The fraction of sp³-hybridized carbons (Fsp3) is 0.182. The molecule has 1 heterocycles. The summed E-state index contributed by atoms with van der Waals surface area (Å²) >= 11 is 0. The minimum absolute atomic E-state index is 0.0446. The van der Waals surface area contributed by atoms with Gasteiger partial charge in [-0.1, -0.05) is 0 Å². The Bertz CT molecular complexity index is 506. The van der Waals surface area contributed by atoms with Gasteiger partial charge in [0.15, 0.2) is 0 Å². The minimum Gasteiger partial charge on any atom is -0.253 e. The van der Waals surface area contributed by atoms with Gasteiger partial charge in [0.2, 0.25) is 0 Å². The number of hydrogen-bond donors (Lipinski definition) is 0. The minimum atomic E-state index is -0.548. The van der Waals surface area contributed by atoms with Crippen molar-refractivity contribution < 1.29 is 8.78 Å². The lowest BCUT2D eigenvalue weighted by molar-refractivity contribution is 0.576. The standard InChI is InChI=1S/C11H9F2N/c1-6-3-4-8-10(14-6)5-9(12)7(2)11(8)13/h3-5H,1-2H3. The first-order valence-electron chi connectivity index (χ1n) is 4.31. The van der Waals surface area contributed by atoms with Crippen LogP contribution in [-0.2, 0) is 0 Å². The predicted molar refractivity (Wildman–Crippen MR) is 51.1 cm³/mol. The molecule has 1 aromatic heterocycles. The van der Waals surface area contributed by atoms with Gasteiger partial charge < -0.3 is 0 Å². The molecular formula is C11H9F2N. The fourth-order valence-corrected chi connectivity index (χ4v) is 1.41. The van der Waals surface area contributed by atoms with Crippen LogP contribution in [0.25, 0.3) is 10.9 Å². The van der Waals surface area contributed by atoms with Crippen LogP contribution < -0.4 is 0 Å². The molecule has 0 fully saturated rings. The summed E-state index contributed by atoms with van der Waals surface area (Å²) in [5.41, 5.74) is 1.16. The molecule has 2 aromatic rings. The SMILES string of the molecule is Cc1ccc2c(F)c(C)c(F)cc2n1. The molecule has 0 aliphatic heterocycles. The normalized spacial score (nSPS) is 10.9. The summed E-state index contributed by atoms with van der Waals surface area (Å²) in [6.07, 6.45) is 0. The predicted octanol–water partition coefficient (Wildman–Crippen LogP) is 3.13. The Balaban J connectivity index is 2.91. The van der Waals surface area contributed by atoms with E-state index in [0.717, 1.165) is 5.69 Å². The molecule has 1 nitrogen and oxygen atoms in total. The molecule has 0 spiro atoms. The van der Waals surface area contributed by atoms with E-state index in [9.17, 15) is 8.78 Å². The quantitative estimate of drug-likeness (QED) is 0.626. The van der Waals surface area contributed by atoms with Crippen LogP contribution in [0.1, 0.15) is 11.3 Å². The van der Waals surface area contributed by atoms with E-state index in [-0.39, 0.29) is 5.56 Å². The highest BCUT2D eigenvalue weighted by atomic mass is 19.1. The van der Waals surface area contributed by atoms with Crippen LogP contribution in [0.3, 0.4) is 0 Å². The van der Waals surface area contributed by atoms with E-state index in [2.05, 4.69) is 4.98 Å². The van der Waals surface area contributed by atoms with Crippen molar-refractivity contribution in [3.8, 4) is 0 Å². The fourth-order valence-electron chi connectivity index (χ4n) is 1.41. The molecule has 0 unspecified atom stereocenters. The van der Waals surface area contributed by atoms with Gasteiger partial charge in [-0.2, -0.15) is 0 Å². The second kappa shape index (κ2) is 3.01. The van der Waals surface area contributed by atoms with Crippen molar-refractivity contribution in [3.63, 3.8) is 0 Å². The Labute approximate surface area is 80.4 Å². The van der Waals surface area contributed by atoms with Crippen LogP contribution in [0.5, 0.6) is 0 Å². The second-order valence-corrected chi connectivity index (χ2v) is 3.32. The summed E-state index contributed by atoms with van der Waals surface area (Å²) in [6.45, 7) is 3.21. The zero-order valence-corrected chi connectivity index (χ0v) is 7.94. The van der Waals surface area contributed by atoms with Crippen molar-refractivity contribution in [1.29, 1.82) is 0 Å². The van der Waals surface area contributed by atoms with Crippen molar-refractivity contribution in [2.45, 2.75) is 13.8 Å². The third-order valence-corrected chi connectivity index (χ3v) is 2.25. The molecule has 0 bridgehead atoms. The van der Waals surface area contributed by atoms with E-state index in [1.54, 1.807) is 19.1 Å². The summed E-state index contributed by atoms with van der Waals surface area (Å²) in [4.78, 5) is 4.06. The first-order valence-corrected chi connectivity index (χ1v) is 4.31. The molecule has 0 radical (unpaired) electrons. The maximum Gasteiger partial charge on any atom is 0.138 e. The van der Waals surface area contributed by atoms with Gasteiger partial charge in [0.1, 0.15) is 11.6 Å². The number of pyridine rings is 1. The largest absolute Gasteiger partial charge is 0.253 e. The first kappa shape index (κ1) is 9.06. The highest BCUT2D eigenvalue weighted by Gasteiger charge is 2.10. The number of rotatable bonds is 0. The zero-order valence-electron chi connectivity index (χ0n) is 7.94. The van der Waals surface area contributed by atoms with E-state index in [1.165, 1.54) is 13.0 Å². The molecule has 72 valence electrons. The summed E-state index contributed by atoms with van der Waals surface area (Å²) in [5.74, 6) is -1.07. The van der Waals surface area contributed by atoms with Crippen molar-refractivity contribution in [2.75, 3.05) is 0 Å². The van der Waals surface area contributed by atoms with Crippen LogP contribution in [-0.4, -0.2) is 4.98 Å². The van der Waals surface area contributed by atoms with Crippen LogP contribution >= 0.6 is 0 Å². The lowest BCUT2D eigenvalue weighted by Crippen LogP contribution is -1.93. The third-order valence-electron chi connectivity index (χ3n) is 2.25. The Morgan fingerprint density at radius 2 is 1.86 bits per heavy atom.